The quantitative estimate of drug-likeness (QED) is 0.0787. The highest BCUT2D eigenvalue weighted by Gasteiger charge is 2.64. The van der Waals surface area contributed by atoms with Crippen LogP contribution in [0, 0.1) is 18.3 Å². The monoisotopic (exact) mass is 522 g/mol. The van der Waals surface area contributed by atoms with E-state index in [1.807, 2.05) is 0 Å². The Kier molecular flexibility index (Phi) is 16.0. The average molecular weight is 523 g/mol. The van der Waals surface area contributed by atoms with Gasteiger partial charge in [0.15, 0.2) is 6.10 Å². The van der Waals surface area contributed by atoms with Crippen molar-refractivity contribution in [1.29, 1.82) is 0 Å². The van der Waals surface area contributed by atoms with Gasteiger partial charge in [0.25, 0.3) is 5.60 Å². The molecular weight excluding hydrogens is 477 g/mol. The highest BCUT2D eigenvalue weighted by atomic mass is 19.4. The van der Waals surface area contributed by atoms with Crippen LogP contribution in [0.25, 0.3) is 0 Å². The maximum Gasteiger partial charge on any atom is 0.432 e. The first-order valence-corrected chi connectivity index (χ1v) is 13.7. The first kappa shape index (κ1) is 32.8. The second kappa shape index (κ2) is 18.1. The molecule has 3 nitrogen and oxygen atoms in total. The lowest BCUT2D eigenvalue weighted by molar-refractivity contribution is -0.276. The van der Waals surface area contributed by atoms with Crippen molar-refractivity contribution in [3.05, 3.63) is 48.0 Å². The number of carbonyl (C=O) groups excluding carboxylic acids is 1. The summed E-state index contributed by atoms with van der Waals surface area (Å²) in [6, 6.07) is 6.70. The van der Waals surface area contributed by atoms with Crippen molar-refractivity contribution in [3.8, 4) is 12.3 Å². The van der Waals surface area contributed by atoms with E-state index in [9.17, 15) is 18.0 Å². The third-order valence-electron chi connectivity index (χ3n) is 6.75. The van der Waals surface area contributed by atoms with Gasteiger partial charge in [-0.25, -0.2) is 4.79 Å². The summed E-state index contributed by atoms with van der Waals surface area (Å²) in [7, 11) is 0.831. The molecule has 0 spiro atoms. The summed E-state index contributed by atoms with van der Waals surface area (Å²) < 4.78 is 51.7. The molecule has 0 radical (unpaired) electrons. The molecule has 0 heterocycles. The van der Waals surface area contributed by atoms with Crippen LogP contribution in [0.15, 0.2) is 42.5 Å². The molecule has 208 valence electrons. The van der Waals surface area contributed by atoms with Crippen LogP contribution in [0.5, 0.6) is 0 Å². The minimum atomic E-state index is -5.03. The molecule has 0 aliphatic heterocycles. The molecule has 3 atom stereocenters. The fraction of sp³-hybridized carbons (Fsp3) is 0.645. The van der Waals surface area contributed by atoms with Gasteiger partial charge < -0.3 is 9.47 Å². The van der Waals surface area contributed by atoms with Gasteiger partial charge in [0, 0.05) is 12.7 Å². The van der Waals surface area contributed by atoms with Gasteiger partial charge in [-0.15, -0.1) is 6.42 Å². The lowest BCUT2D eigenvalue weighted by Crippen LogP contribution is -2.52. The Morgan fingerprint density at radius 2 is 1.54 bits per heavy atom. The SMILES string of the molecule is C#C[C@H](/C=C/CCCCCCCCCCC(C)CCCC)OC(=O)[C@](OC)(c1ccccc1)C(F)(F)F. The van der Waals surface area contributed by atoms with Crippen LogP contribution < -0.4 is 0 Å². The lowest BCUT2D eigenvalue weighted by atomic mass is 9.92. The van der Waals surface area contributed by atoms with Crippen LogP contribution in [0.4, 0.5) is 13.2 Å². The van der Waals surface area contributed by atoms with E-state index in [0.717, 1.165) is 38.7 Å². The number of hydrogen-bond donors (Lipinski definition) is 0. The zero-order chi connectivity index (χ0) is 27.6. The predicted molar refractivity (Wildman–Crippen MR) is 144 cm³/mol. The van der Waals surface area contributed by atoms with Crippen LogP contribution in [-0.4, -0.2) is 25.4 Å². The Morgan fingerprint density at radius 1 is 0.973 bits per heavy atom. The summed E-state index contributed by atoms with van der Waals surface area (Å²) in [5.41, 5.74) is -3.61. The van der Waals surface area contributed by atoms with E-state index < -0.39 is 23.9 Å². The predicted octanol–water partition coefficient (Wildman–Crippen LogP) is 8.92. The molecule has 0 aliphatic rings. The number of unbranched alkanes of at least 4 members (excludes halogenated alkanes) is 9. The number of terminal acetylenes is 1. The number of carbonyl (C=O) groups is 1. The number of halogens is 3. The first-order valence-electron chi connectivity index (χ1n) is 13.7. The molecule has 0 aromatic heterocycles. The minimum Gasteiger partial charge on any atom is -0.442 e. The Labute approximate surface area is 222 Å². The molecule has 1 unspecified atom stereocenters. The van der Waals surface area contributed by atoms with Crippen molar-refractivity contribution in [2.45, 2.75) is 115 Å². The highest BCUT2D eigenvalue weighted by Crippen LogP contribution is 2.43. The second-order valence-corrected chi connectivity index (χ2v) is 9.82. The number of methoxy groups -OCH3 is 1. The molecule has 0 amide bonds. The number of rotatable bonds is 19. The summed E-state index contributed by atoms with van der Waals surface area (Å²) in [4.78, 5) is 12.7. The van der Waals surface area contributed by atoms with Crippen LogP contribution in [0.2, 0.25) is 0 Å². The Morgan fingerprint density at radius 3 is 2.08 bits per heavy atom. The molecule has 0 saturated heterocycles. The van der Waals surface area contributed by atoms with E-state index >= 15 is 0 Å². The standard InChI is InChI=1S/C31H45F3O3/c1-5-7-21-26(3)22-17-14-12-10-8-9-11-13-15-20-25-28(6-2)37-29(35)30(36-4,31(32,33)34)27-23-18-16-19-24-27/h2,16,18-20,23-26,28H,5,7-15,17,21-22H2,1,3-4H3/b25-20+/t26?,28-,30-/m1/s1. The van der Waals surface area contributed by atoms with Gasteiger partial charge >= 0.3 is 12.1 Å². The molecule has 0 fully saturated rings. The maximum atomic E-state index is 14.0. The van der Waals surface area contributed by atoms with Crippen molar-refractivity contribution in [2.75, 3.05) is 7.11 Å². The zero-order valence-electron chi connectivity index (χ0n) is 22.8. The Hall–Kier alpha value is -2.26. The highest BCUT2D eigenvalue weighted by molar-refractivity contribution is 5.83. The summed E-state index contributed by atoms with van der Waals surface area (Å²) in [5.74, 6) is 1.49. The number of allylic oxidation sites excluding steroid dienone is 1. The molecule has 1 aromatic rings. The molecule has 0 N–H and O–H groups in total. The summed E-state index contributed by atoms with van der Waals surface area (Å²) in [6.45, 7) is 4.61. The van der Waals surface area contributed by atoms with E-state index in [-0.39, 0.29) is 5.56 Å². The van der Waals surface area contributed by atoms with Crippen molar-refractivity contribution < 1.29 is 27.4 Å². The number of hydrogen-bond acceptors (Lipinski definition) is 3. The van der Waals surface area contributed by atoms with Crippen LogP contribution in [-0.2, 0) is 19.9 Å². The molecule has 0 bridgehead atoms. The van der Waals surface area contributed by atoms with Gasteiger partial charge in [0.05, 0.1) is 0 Å². The topological polar surface area (TPSA) is 35.5 Å². The van der Waals surface area contributed by atoms with Gasteiger partial charge in [-0.2, -0.15) is 13.2 Å². The van der Waals surface area contributed by atoms with Gasteiger partial charge in [-0.3, -0.25) is 0 Å². The molecule has 0 aliphatic carbocycles. The van der Waals surface area contributed by atoms with Crippen molar-refractivity contribution in [3.63, 3.8) is 0 Å². The van der Waals surface area contributed by atoms with E-state index in [4.69, 9.17) is 15.9 Å². The molecule has 0 saturated carbocycles. The third-order valence-corrected chi connectivity index (χ3v) is 6.75. The van der Waals surface area contributed by atoms with E-state index in [1.54, 1.807) is 12.1 Å². The van der Waals surface area contributed by atoms with Crippen molar-refractivity contribution in [1.82, 2.24) is 0 Å². The van der Waals surface area contributed by atoms with E-state index in [0.29, 0.717) is 0 Å². The second-order valence-electron chi connectivity index (χ2n) is 9.82. The minimum absolute atomic E-state index is 0.365. The molecule has 6 heteroatoms. The van der Waals surface area contributed by atoms with Gasteiger partial charge in [-0.05, 0) is 24.8 Å². The van der Waals surface area contributed by atoms with Crippen LogP contribution >= 0.6 is 0 Å². The molecule has 1 rings (SSSR count). The van der Waals surface area contributed by atoms with Gasteiger partial charge in [-0.1, -0.05) is 127 Å². The molecule has 37 heavy (non-hydrogen) atoms. The normalized spacial score (nSPS) is 15.2. The zero-order valence-corrected chi connectivity index (χ0v) is 22.8. The number of esters is 1. The molecular formula is C31H45F3O3. The number of benzene rings is 1. The molecule has 1 aromatic carbocycles. The number of alkyl halides is 3. The third kappa shape index (κ3) is 11.3. The Balaban J connectivity index is 2.36. The van der Waals surface area contributed by atoms with Gasteiger partial charge in [0.2, 0.25) is 0 Å². The largest absolute Gasteiger partial charge is 0.442 e. The first-order chi connectivity index (χ1) is 17.7. The summed E-state index contributed by atoms with van der Waals surface area (Å²) in [6.07, 6.45) is 18.0. The summed E-state index contributed by atoms with van der Waals surface area (Å²) in [5, 5.41) is 0. The van der Waals surface area contributed by atoms with Crippen LogP contribution in [0.1, 0.15) is 103 Å². The van der Waals surface area contributed by atoms with E-state index in [2.05, 4.69) is 19.8 Å². The maximum absolute atomic E-state index is 14.0. The van der Waals surface area contributed by atoms with E-state index in [1.165, 1.54) is 88.1 Å². The van der Waals surface area contributed by atoms with Gasteiger partial charge in [0.1, 0.15) is 0 Å². The number of ether oxygens (including phenoxy) is 2. The lowest BCUT2D eigenvalue weighted by Gasteiger charge is -2.32. The van der Waals surface area contributed by atoms with Crippen molar-refractivity contribution in [2.24, 2.45) is 5.92 Å². The summed E-state index contributed by atoms with van der Waals surface area (Å²) >= 11 is 0. The smallest absolute Gasteiger partial charge is 0.432 e. The van der Waals surface area contributed by atoms with Crippen LogP contribution in [0.3, 0.4) is 0 Å². The fourth-order valence-corrected chi connectivity index (χ4v) is 4.45. The average Bonchev–Trinajstić information content (AvgIpc) is 2.87. The Bertz CT molecular complexity index is 813. The van der Waals surface area contributed by atoms with Crippen molar-refractivity contribution >= 4 is 5.97 Å². The fourth-order valence-electron chi connectivity index (χ4n) is 4.45.